The second-order valence-corrected chi connectivity index (χ2v) is 7.83. The van der Waals surface area contributed by atoms with Crippen LogP contribution in [-0.4, -0.2) is 39.0 Å². The van der Waals surface area contributed by atoms with E-state index in [1.54, 1.807) is 29.5 Å². The smallest absolute Gasteiger partial charge is 0.253 e. The Morgan fingerprint density at radius 2 is 1.87 bits per heavy atom. The summed E-state index contributed by atoms with van der Waals surface area (Å²) in [6, 6.07) is 16.6. The lowest BCUT2D eigenvalue weighted by molar-refractivity contribution is 0.0773. The third-order valence-corrected chi connectivity index (χ3v) is 6.04. The first-order valence-corrected chi connectivity index (χ1v) is 10.6. The van der Waals surface area contributed by atoms with Crippen LogP contribution in [0.3, 0.4) is 0 Å². The molecule has 0 saturated heterocycles. The number of amides is 1. The van der Waals surface area contributed by atoms with Crippen LogP contribution >= 0.6 is 11.3 Å². The van der Waals surface area contributed by atoms with Crippen molar-refractivity contribution in [1.29, 1.82) is 0 Å². The van der Waals surface area contributed by atoms with E-state index in [9.17, 15) is 9.90 Å². The fourth-order valence-electron chi connectivity index (χ4n) is 3.30. The number of phenolic OH excluding ortho intramolecular Hbond substituents is 1. The molecule has 0 unspecified atom stereocenters. The molecule has 152 valence electrons. The Labute approximate surface area is 178 Å². The van der Waals surface area contributed by atoms with Gasteiger partial charge in [0.2, 0.25) is 0 Å². The van der Waals surface area contributed by atoms with E-state index in [0.717, 1.165) is 26.3 Å². The Kier molecular flexibility index (Phi) is 5.63. The van der Waals surface area contributed by atoms with Crippen LogP contribution in [0.15, 0.2) is 60.9 Å². The predicted octanol–water partition coefficient (Wildman–Crippen LogP) is 5.29. The van der Waals surface area contributed by atoms with E-state index in [1.807, 2.05) is 55.1 Å². The number of aromatic nitrogens is 2. The van der Waals surface area contributed by atoms with Crippen molar-refractivity contribution in [1.82, 2.24) is 14.9 Å². The molecule has 2 N–H and O–H groups in total. The summed E-state index contributed by atoms with van der Waals surface area (Å²) < 4.78 is 0.913. The van der Waals surface area contributed by atoms with Gasteiger partial charge in [0.25, 0.3) is 5.91 Å². The fraction of sp³-hybridized carbons (Fsp3) is 0.174. The number of nitrogens with one attached hydrogen (secondary N) is 1. The zero-order valence-corrected chi connectivity index (χ0v) is 17.6. The molecule has 2 heterocycles. The zero-order chi connectivity index (χ0) is 21.1. The maximum atomic E-state index is 12.7. The molecule has 0 radical (unpaired) electrons. The number of carbonyl (C=O) groups excluding carboxylic acids is 1. The van der Waals surface area contributed by atoms with E-state index in [0.29, 0.717) is 24.5 Å². The first-order valence-electron chi connectivity index (χ1n) is 9.79. The van der Waals surface area contributed by atoms with Crippen molar-refractivity contribution in [2.45, 2.75) is 13.8 Å². The molecular weight excluding hydrogens is 396 g/mol. The van der Waals surface area contributed by atoms with Crippen LogP contribution in [0.5, 0.6) is 5.75 Å². The maximum Gasteiger partial charge on any atom is 0.253 e. The van der Waals surface area contributed by atoms with E-state index in [1.165, 1.54) is 6.33 Å². The highest BCUT2D eigenvalue weighted by Crippen LogP contribution is 2.37. The summed E-state index contributed by atoms with van der Waals surface area (Å²) in [6.45, 7) is 5.33. The monoisotopic (exact) mass is 418 g/mol. The summed E-state index contributed by atoms with van der Waals surface area (Å²) in [5.74, 6) is 0.901. The first kappa shape index (κ1) is 19.8. The van der Waals surface area contributed by atoms with Gasteiger partial charge in [0.15, 0.2) is 5.82 Å². The number of aromatic hydroxyl groups is 1. The molecule has 0 spiro atoms. The largest absolute Gasteiger partial charge is 0.508 e. The zero-order valence-electron chi connectivity index (χ0n) is 16.8. The molecule has 2 aromatic carbocycles. The minimum atomic E-state index is 0.0361. The average molecular weight is 419 g/mol. The summed E-state index contributed by atoms with van der Waals surface area (Å²) in [4.78, 5) is 24.3. The molecule has 0 fully saturated rings. The Balaban J connectivity index is 1.69. The fourth-order valence-corrected chi connectivity index (χ4v) is 4.36. The molecule has 6 nitrogen and oxygen atoms in total. The predicted molar refractivity (Wildman–Crippen MR) is 121 cm³/mol. The van der Waals surface area contributed by atoms with Crippen molar-refractivity contribution in [2.24, 2.45) is 0 Å². The van der Waals surface area contributed by atoms with Crippen LogP contribution in [-0.2, 0) is 0 Å². The molecule has 0 saturated carbocycles. The molecule has 30 heavy (non-hydrogen) atoms. The van der Waals surface area contributed by atoms with Gasteiger partial charge in [-0.3, -0.25) is 4.79 Å². The number of nitrogens with zero attached hydrogens (tertiary/aromatic N) is 3. The summed E-state index contributed by atoms with van der Waals surface area (Å²) in [7, 11) is 0. The Bertz CT molecular complexity index is 1200. The number of phenols is 1. The summed E-state index contributed by atoms with van der Waals surface area (Å²) in [5, 5.41) is 13.0. The van der Waals surface area contributed by atoms with Gasteiger partial charge in [-0.25, -0.2) is 9.97 Å². The maximum absolute atomic E-state index is 12.7. The van der Waals surface area contributed by atoms with Gasteiger partial charge in [-0.1, -0.05) is 18.2 Å². The molecule has 0 aliphatic rings. The third-order valence-electron chi connectivity index (χ3n) is 4.86. The molecular formula is C23H22N4O2S. The number of hydrogen-bond acceptors (Lipinski definition) is 6. The lowest BCUT2D eigenvalue weighted by Gasteiger charge is -2.18. The number of carbonyl (C=O) groups is 1. The molecule has 1 amide bonds. The van der Waals surface area contributed by atoms with Crippen LogP contribution in [0, 0.1) is 0 Å². The summed E-state index contributed by atoms with van der Waals surface area (Å²) in [6.07, 6.45) is 1.52. The number of thiophene rings is 1. The van der Waals surface area contributed by atoms with Gasteiger partial charge < -0.3 is 15.3 Å². The first-order chi connectivity index (χ1) is 14.6. The molecule has 0 aliphatic carbocycles. The van der Waals surface area contributed by atoms with Crippen LogP contribution in [0.1, 0.15) is 24.2 Å². The molecule has 0 aliphatic heterocycles. The van der Waals surface area contributed by atoms with Gasteiger partial charge in [0, 0.05) is 35.3 Å². The van der Waals surface area contributed by atoms with Crippen molar-refractivity contribution >= 4 is 39.0 Å². The summed E-state index contributed by atoms with van der Waals surface area (Å²) >= 11 is 1.57. The van der Waals surface area contributed by atoms with E-state index in [4.69, 9.17) is 0 Å². The van der Waals surface area contributed by atoms with E-state index in [-0.39, 0.29) is 11.7 Å². The highest BCUT2D eigenvalue weighted by molar-refractivity contribution is 7.22. The van der Waals surface area contributed by atoms with Crippen molar-refractivity contribution < 1.29 is 9.90 Å². The van der Waals surface area contributed by atoms with Gasteiger partial charge in [-0.2, -0.15) is 0 Å². The van der Waals surface area contributed by atoms with Gasteiger partial charge in [-0.15, -0.1) is 11.3 Å². The number of anilines is 2. The van der Waals surface area contributed by atoms with Crippen molar-refractivity contribution in [2.75, 3.05) is 18.4 Å². The number of rotatable bonds is 6. The second kappa shape index (κ2) is 8.51. The average Bonchev–Trinajstić information content (AvgIpc) is 3.20. The second-order valence-electron chi connectivity index (χ2n) is 6.78. The summed E-state index contributed by atoms with van der Waals surface area (Å²) in [5.41, 5.74) is 3.22. The lowest BCUT2D eigenvalue weighted by atomic mass is 10.1. The highest BCUT2D eigenvalue weighted by atomic mass is 32.1. The number of hydrogen-bond donors (Lipinski definition) is 2. The lowest BCUT2D eigenvalue weighted by Crippen LogP contribution is -2.30. The normalized spacial score (nSPS) is 10.9. The molecule has 0 atom stereocenters. The van der Waals surface area contributed by atoms with E-state index < -0.39 is 0 Å². The van der Waals surface area contributed by atoms with Crippen LogP contribution in [0.2, 0.25) is 0 Å². The third kappa shape index (κ3) is 3.97. The van der Waals surface area contributed by atoms with E-state index in [2.05, 4.69) is 15.3 Å². The Morgan fingerprint density at radius 1 is 1.07 bits per heavy atom. The van der Waals surface area contributed by atoms with Crippen LogP contribution in [0.25, 0.3) is 20.7 Å². The molecule has 4 aromatic rings. The van der Waals surface area contributed by atoms with Gasteiger partial charge in [0.05, 0.1) is 10.2 Å². The van der Waals surface area contributed by atoms with Gasteiger partial charge in [0.1, 0.15) is 12.1 Å². The van der Waals surface area contributed by atoms with Gasteiger partial charge >= 0.3 is 0 Å². The highest BCUT2D eigenvalue weighted by Gasteiger charge is 2.15. The topological polar surface area (TPSA) is 78.4 Å². The van der Waals surface area contributed by atoms with Crippen molar-refractivity contribution in [3.8, 4) is 16.2 Å². The minimum absolute atomic E-state index is 0.0361. The Hall–Kier alpha value is -3.45. The molecule has 2 aromatic heterocycles. The minimum Gasteiger partial charge on any atom is -0.508 e. The van der Waals surface area contributed by atoms with Crippen molar-refractivity contribution in [3.05, 3.63) is 66.5 Å². The quantitative estimate of drug-likeness (QED) is 0.445. The Morgan fingerprint density at radius 3 is 2.63 bits per heavy atom. The van der Waals surface area contributed by atoms with Gasteiger partial charge in [-0.05, 0) is 49.7 Å². The molecule has 7 heteroatoms. The molecule has 4 rings (SSSR count). The van der Waals surface area contributed by atoms with Crippen LogP contribution in [0.4, 0.5) is 11.5 Å². The van der Waals surface area contributed by atoms with E-state index >= 15 is 0 Å². The van der Waals surface area contributed by atoms with Crippen LogP contribution < -0.4 is 5.32 Å². The molecule has 0 bridgehead atoms. The number of fused-ring (bicyclic) bond motifs is 1. The SMILES string of the molecule is CCN(CC)C(=O)c1cccc(-c2cc3ncnc(Nc4cccc(O)c4)c3s2)c1. The standard InChI is InChI=1S/C23H22N4O2S/c1-3-27(4-2)23(29)16-8-5-7-15(11-16)20-13-19-21(30-20)22(25-14-24-19)26-17-9-6-10-18(28)12-17/h5-14,28H,3-4H2,1-2H3,(H,24,25,26). The number of benzene rings is 2. The van der Waals surface area contributed by atoms with Crippen molar-refractivity contribution in [3.63, 3.8) is 0 Å².